The van der Waals surface area contributed by atoms with Crippen LogP contribution in [0.4, 0.5) is 4.39 Å². The van der Waals surface area contributed by atoms with E-state index >= 15 is 0 Å². The van der Waals surface area contributed by atoms with Crippen LogP contribution in [0.25, 0.3) is 0 Å². The lowest BCUT2D eigenvalue weighted by Gasteiger charge is -2.17. The van der Waals surface area contributed by atoms with E-state index < -0.39 is 0 Å². The molecule has 1 aliphatic rings. The summed E-state index contributed by atoms with van der Waals surface area (Å²) in [5.41, 5.74) is 2.83. The maximum Gasteiger partial charge on any atom is 0.137 e. The Kier molecular flexibility index (Phi) is 3.74. The van der Waals surface area contributed by atoms with Crippen LogP contribution in [0.3, 0.4) is 0 Å². The van der Waals surface area contributed by atoms with Crippen LogP contribution >= 0.6 is 27.5 Å². The van der Waals surface area contributed by atoms with Gasteiger partial charge in [-0.15, -0.1) is 11.6 Å². The van der Waals surface area contributed by atoms with Crippen LogP contribution in [0.15, 0.2) is 40.9 Å². The van der Waals surface area contributed by atoms with Crippen molar-refractivity contribution in [2.24, 2.45) is 0 Å². The molecule has 0 fully saturated rings. The van der Waals surface area contributed by atoms with Crippen LogP contribution in [0.5, 0.6) is 5.75 Å². The van der Waals surface area contributed by atoms with Crippen LogP contribution in [0.1, 0.15) is 35.9 Å². The number of ether oxygens (including phenoxy) is 1. The van der Waals surface area contributed by atoms with Gasteiger partial charge in [0.2, 0.25) is 0 Å². The molecular weight excluding hydrogens is 355 g/mol. The average molecular weight is 370 g/mol. The van der Waals surface area contributed by atoms with E-state index in [-0.39, 0.29) is 16.6 Å². The largest absolute Gasteiger partial charge is 0.492 e. The molecule has 0 bridgehead atoms. The first-order chi connectivity index (χ1) is 9.88. The highest BCUT2D eigenvalue weighted by Crippen LogP contribution is 2.41. The molecule has 1 heterocycles. The Morgan fingerprint density at radius 3 is 2.57 bits per heavy atom. The minimum atomic E-state index is -0.380. The zero-order chi connectivity index (χ0) is 15.2. The fourth-order valence-corrected chi connectivity index (χ4v) is 3.08. The number of hydrogen-bond donors (Lipinski definition) is 0. The summed E-state index contributed by atoms with van der Waals surface area (Å²) in [5, 5.41) is -0.380. The zero-order valence-corrected chi connectivity index (χ0v) is 14.1. The minimum absolute atomic E-state index is 0.0209. The van der Waals surface area contributed by atoms with Gasteiger partial charge < -0.3 is 4.74 Å². The molecule has 0 N–H and O–H groups in total. The summed E-state index contributed by atoms with van der Waals surface area (Å²) in [6, 6.07) is 10.9. The Bertz CT molecular complexity index is 699. The molecule has 1 aliphatic heterocycles. The summed E-state index contributed by atoms with van der Waals surface area (Å²) in [5.74, 6) is 0.609. The molecule has 0 saturated heterocycles. The number of hydrogen-bond acceptors (Lipinski definition) is 1. The highest BCUT2D eigenvalue weighted by Gasteiger charge is 2.32. The standard InChI is InChI=1S/C17H15BrClFO/c1-17(2)9-21-15-6-4-10(7-12(15)17)16(19)11-3-5-13(18)14(20)8-11/h3-8,16H,9H2,1-2H3. The van der Waals surface area contributed by atoms with Crippen LogP contribution < -0.4 is 4.74 Å². The number of alkyl halides is 1. The molecule has 4 heteroatoms. The lowest BCUT2D eigenvalue weighted by atomic mass is 9.85. The quantitative estimate of drug-likeness (QED) is 0.627. The van der Waals surface area contributed by atoms with Gasteiger partial charge >= 0.3 is 0 Å². The van der Waals surface area contributed by atoms with Gasteiger partial charge in [-0.25, -0.2) is 4.39 Å². The molecule has 0 aromatic heterocycles. The lowest BCUT2D eigenvalue weighted by molar-refractivity contribution is 0.291. The first-order valence-corrected chi connectivity index (χ1v) is 7.98. The van der Waals surface area contributed by atoms with Crippen molar-refractivity contribution in [2.45, 2.75) is 24.6 Å². The SMILES string of the molecule is CC1(C)COc2ccc(C(Cl)c3ccc(Br)c(F)c3)cc21. The Hall–Kier alpha value is -1.06. The minimum Gasteiger partial charge on any atom is -0.492 e. The average Bonchev–Trinajstić information content (AvgIpc) is 2.76. The van der Waals surface area contributed by atoms with Crippen LogP contribution in [0.2, 0.25) is 0 Å². The maximum atomic E-state index is 13.7. The molecule has 3 rings (SSSR count). The first-order valence-electron chi connectivity index (χ1n) is 6.75. The van der Waals surface area contributed by atoms with E-state index in [1.807, 2.05) is 18.2 Å². The summed E-state index contributed by atoms with van der Waals surface area (Å²) in [6.07, 6.45) is 0. The lowest BCUT2D eigenvalue weighted by Crippen LogP contribution is -2.18. The van der Waals surface area contributed by atoms with Crippen molar-refractivity contribution in [2.75, 3.05) is 6.61 Å². The summed E-state index contributed by atoms with van der Waals surface area (Å²) in [7, 11) is 0. The van der Waals surface area contributed by atoms with E-state index in [0.717, 1.165) is 22.4 Å². The number of rotatable bonds is 2. The Labute approximate surface area is 137 Å². The predicted octanol–water partition coefficient (Wildman–Crippen LogP) is 5.59. The predicted molar refractivity (Wildman–Crippen MR) is 86.8 cm³/mol. The second-order valence-corrected chi connectivity index (χ2v) is 7.26. The van der Waals surface area contributed by atoms with E-state index in [0.29, 0.717) is 11.1 Å². The molecule has 21 heavy (non-hydrogen) atoms. The topological polar surface area (TPSA) is 9.23 Å². The van der Waals surface area contributed by atoms with Crippen LogP contribution in [0, 0.1) is 5.82 Å². The molecule has 2 aromatic carbocycles. The molecule has 0 saturated carbocycles. The third-order valence-electron chi connectivity index (χ3n) is 3.85. The summed E-state index contributed by atoms with van der Waals surface area (Å²) < 4.78 is 19.8. The van der Waals surface area contributed by atoms with Gasteiger partial charge in [0, 0.05) is 11.0 Å². The van der Waals surface area contributed by atoms with Crippen molar-refractivity contribution in [3.63, 3.8) is 0 Å². The molecular formula is C17H15BrClFO. The van der Waals surface area contributed by atoms with E-state index in [1.165, 1.54) is 6.07 Å². The molecule has 1 atom stereocenters. The maximum absolute atomic E-state index is 13.7. The molecule has 0 aliphatic carbocycles. The number of fused-ring (bicyclic) bond motifs is 1. The van der Waals surface area contributed by atoms with Crippen molar-refractivity contribution in [3.8, 4) is 5.75 Å². The van der Waals surface area contributed by atoms with E-state index in [4.69, 9.17) is 16.3 Å². The van der Waals surface area contributed by atoms with Gasteiger partial charge in [-0.2, -0.15) is 0 Å². The highest BCUT2D eigenvalue weighted by atomic mass is 79.9. The van der Waals surface area contributed by atoms with Gasteiger partial charge in [-0.3, -0.25) is 0 Å². The Morgan fingerprint density at radius 1 is 1.19 bits per heavy atom. The molecule has 0 radical (unpaired) electrons. The van der Waals surface area contributed by atoms with Crippen molar-refractivity contribution >= 4 is 27.5 Å². The summed E-state index contributed by atoms with van der Waals surface area (Å²) in [6.45, 7) is 4.96. The second kappa shape index (κ2) is 5.29. The molecule has 0 spiro atoms. The van der Waals surface area contributed by atoms with E-state index in [1.54, 1.807) is 6.07 Å². The van der Waals surface area contributed by atoms with Crippen molar-refractivity contribution < 1.29 is 9.13 Å². The van der Waals surface area contributed by atoms with Crippen LogP contribution in [-0.4, -0.2) is 6.61 Å². The Morgan fingerprint density at radius 2 is 1.86 bits per heavy atom. The highest BCUT2D eigenvalue weighted by molar-refractivity contribution is 9.10. The normalized spacial score (nSPS) is 17.2. The molecule has 1 nitrogen and oxygen atoms in total. The van der Waals surface area contributed by atoms with Gasteiger partial charge in [-0.1, -0.05) is 26.0 Å². The fourth-order valence-electron chi connectivity index (χ4n) is 2.56. The molecule has 2 aromatic rings. The van der Waals surface area contributed by atoms with Gasteiger partial charge in [0.05, 0.1) is 16.5 Å². The van der Waals surface area contributed by atoms with Crippen molar-refractivity contribution in [1.29, 1.82) is 0 Å². The summed E-state index contributed by atoms with van der Waals surface area (Å²) in [4.78, 5) is 0. The third-order valence-corrected chi connectivity index (χ3v) is 5.00. The van der Waals surface area contributed by atoms with Crippen molar-refractivity contribution in [1.82, 2.24) is 0 Å². The summed E-state index contributed by atoms with van der Waals surface area (Å²) >= 11 is 9.68. The van der Waals surface area contributed by atoms with E-state index in [9.17, 15) is 4.39 Å². The van der Waals surface area contributed by atoms with Gasteiger partial charge in [0.15, 0.2) is 0 Å². The third kappa shape index (κ3) is 2.69. The monoisotopic (exact) mass is 368 g/mol. The van der Waals surface area contributed by atoms with Crippen molar-refractivity contribution in [3.05, 3.63) is 63.4 Å². The zero-order valence-electron chi connectivity index (χ0n) is 11.8. The van der Waals surface area contributed by atoms with Gasteiger partial charge in [0.25, 0.3) is 0 Å². The van der Waals surface area contributed by atoms with Gasteiger partial charge in [0.1, 0.15) is 11.6 Å². The van der Waals surface area contributed by atoms with Gasteiger partial charge in [-0.05, 0) is 51.3 Å². The number of benzene rings is 2. The Balaban J connectivity index is 1.99. The molecule has 110 valence electrons. The molecule has 0 amide bonds. The number of halogens is 3. The molecule has 1 unspecified atom stereocenters. The first kappa shape index (κ1) is 14.9. The second-order valence-electron chi connectivity index (χ2n) is 5.96. The fraction of sp³-hybridized carbons (Fsp3) is 0.294. The van der Waals surface area contributed by atoms with Crippen LogP contribution in [-0.2, 0) is 5.41 Å². The smallest absolute Gasteiger partial charge is 0.137 e. The van der Waals surface area contributed by atoms with E-state index in [2.05, 4.69) is 35.8 Å².